The second-order valence-corrected chi connectivity index (χ2v) is 12.3. The van der Waals surface area contributed by atoms with Crippen LogP contribution in [-0.4, -0.2) is 24.2 Å². The SMILES string of the molecule is C[Si](C)(C)CCOCn1cc(Br)c2ncc(F)cc21. The van der Waals surface area contributed by atoms with E-state index in [4.69, 9.17) is 4.74 Å². The van der Waals surface area contributed by atoms with Gasteiger partial charge < -0.3 is 9.30 Å². The van der Waals surface area contributed by atoms with Gasteiger partial charge in [0.1, 0.15) is 18.1 Å². The van der Waals surface area contributed by atoms with Gasteiger partial charge in [-0.2, -0.15) is 0 Å². The van der Waals surface area contributed by atoms with Crippen molar-refractivity contribution in [2.75, 3.05) is 6.61 Å². The van der Waals surface area contributed by atoms with Gasteiger partial charge in [0.05, 0.1) is 16.2 Å². The summed E-state index contributed by atoms with van der Waals surface area (Å²) in [5.74, 6) is -0.332. The highest BCUT2D eigenvalue weighted by Gasteiger charge is 2.13. The second kappa shape index (κ2) is 5.72. The summed E-state index contributed by atoms with van der Waals surface area (Å²) in [7, 11) is -1.07. The largest absolute Gasteiger partial charge is 0.361 e. The predicted octanol–water partition coefficient (Wildman–Crippen LogP) is 4.25. The number of pyridine rings is 1. The van der Waals surface area contributed by atoms with Crippen molar-refractivity contribution in [2.24, 2.45) is 0 Å². The molecule has 104 valence electrons. The normalized spacial score (nSPS) is 12.3. The smallest absolute Gasteiger partial charge is 0.143 e. The van der Waals surface area contributed by atoms with E-state index in [0.29, 0.717) is 6.73 Å². The second-order valence-electron chi connectivity index (χ2n) is 5.82. The zero-order valence-corrected chi connectivity index (χ0v) is 14.0. The molecular formula is C13H18BrFN2OSi. The van der Waals surface area contributed by atoms with Gasteiger partial charge in [-0.05, 0) is 22.0 Å². The molecule has 0 aliphatic carbocycles. The van der Waals surface area contributed by atoms with Gasteiger partial charge in [-0.25, -0.2) is 4.39 Å². The average Bonchev–Trinajstić information content (AvgIpc) is 2.60. The minimum Gasteiger partial charge on any atom is -0.361 e. The van der Waals surface area contributed by atoms with Crippen LogP contribution >= 0.6 is 15.9 Å². The molecule has 0 aliphatic heterocycles. The van der Waals surface area contributed by atoms with Crippen LogP contribution in [0.15, 0.2) is 22.9 Å². The van der Waals surface area contributed by atoms with Gasteiger partial charge in [-0.3, -0.25) is 4.98 Å². The molecule has 6 heteroatoms. The maximum Gasteiger partial charge on any atom is 0.143 e. The molecule has 0 aromatic carbocycles. The van der Waals surface area contributed by atoms with E-state index in [1.54, 1.807) is 0 Å². The Hall–Kier alpha value is -0.723. The van der Waals surface area contributed by atoms with Crippen LogP contribution in [-0.2, 0) is 11.5 Å². The van der Waals surface area contributed by atoms with Crippen molar-refractivity contribution in [3.8, 4) is 0 Å². The Labute approximate surface area is 121 Å². The first-order valence-corrected chi connectivity index (χ1v) is 10.7. The summed E-state index contributed by atoms with van der Waals surface area (Å²) < 4.78 is 21.7. The number of halogens is 2. The number of hydrogen-bond donors (Lipinski definition) is 0. The van der Waals surface area contributed by atoms with Gasteiger partial charge in [-0.1, -0.05) is 19.6 Å². The Balaban J connectivity index is 2.07. The number of fused-ring (bicyclic) bond motifs is 1. The molecule has 19 heavy (non-hydrogen) atoms. The molecule has 2 heterocycles. The van der Waals surface area contributed by atoms with Crippen molar-refractivity contribution in [1.29, 1.82) is 0 Å². The topological polar surface area (TPSA) is 27.1 Å². The molecule has 0 spiro atoms. The fourth-order valence-electron chi connectivity index (χ4n) is 1.75. The highest BCUT2D eigenvalue weighted by Crippen LogP contribution is 2.24. The zero-order chi connectivity index (χ0) is 14.0. The maximum atomic E-state index is 13.2. The van der Waals surface area contributed by atoms with Gasteiger partial charge >= 0.3 is 0 Å². The molecular weight excluding hydrogens is 327 g/mol. The molecule has 0 atom stereocenters. The highest BCUT2D eigenvalue weighted by molar-refractivity contribution is 9.10. The molecule has 0 fully saturated rings. The number of nitrogens with zero attached hydrogens (tertiary/aromatic N) is 2. The molecule has 0 N–H and O–H groups in total. The molecule has 3 nitrogen and oxygen atoms in total. The summed E-state index contributed by atoms with van der Waals surface area (Å²) in [6, 6.07) is 2.61. The van der Waals surface area contributed by atoms with Gasteiger partial charge in [0.2, 0.25) is 0 Å². The highest BCUT2D eigenvalue weighted by atomic mass is 79.9. The van der Waals surface area contributed by atoms with Crippen LogP contribution in [0.1, 0.15) is 0 Å². The third kappa shape index (κ3) is 3.87. The fraction of sp³-hybridized carbons (Fsp3) is 0.462. The Kier molecular flexibility index (Phi) is 4.42. The van der Waals surface area contributed by atoms with Crippen LogP contribution in [0.2, 0.25) is 25.7 Å². The van der Waals surface area contributed by atoms with E-state index in [2.05, 4.69) is 40.6 Å². The Bertz CT molecular complexity index is 580. The van der Waals surface area contributed by atoms with Gasteiger partial charge in [0, 0.05) is 26.9 Å². The maximum absolute atomic E-state index is 13.2. The molecule has 0 saturated carbocycles. The monoisotopic (exact) mass is 344 g/mol. The molecule has 0 unspecified atom stereocenters. The number of aromatic nitrogens is 2. The van der Waals surface area contributed by atoms with Crippen LogP contribution in [0.4, 0.5) is 4.39 Å². The summed E-state index contributed by atoms with van der Waals surface area (Å²) in [4.78, 5) is 4.08. The lowest BCUT2D eigenvalue weighted by atomic mass is 10.4. The van der Waals surface area contributed by atoms with E-state index in [1.807, 2.05) is 10.8 Å². The Morgan fingerprint density at radius 1 is 1.42 bits per heavy atom. The van der Waals surface area contributed by atoms with E-state index in [-0.39, 0.29) is 5.82 Å². The quantitative estimate of drug-likeness (QED) is 0.598. The fourth-order valence-corrected chi connectivity index (χ4v) is 3.06. The van der Waals surface area contributed by atoms with Crippen molar-refractivity contribution in [1.82, 2.24) is 9.55 Å². The van der Waals surface area contributed by atoms with Crippen LogP contribution in [0.5, 0.6) is 0 Å². The molecule has 2 rings (SSSR count). The van der Waals surface area contributed by atoms with E-state index in [9.17, 15) is 4.39 Å². The third-order valence-corrected chi connectivity index (χ3v) is 5.15. The van der Waals surface area contributed by atoms with Crippen LogP contribution in [0, 0.1) is 5.82 Å². The summed E-state index contributed by atoms with van der Waals surface area (Å²) >= 11 is 3.43. The number of rotatable bonds is 5. The van der Waals surface area contributed by atoms with Gasteiger partial charge in [0.15, 0.2) is 0 Å². The van der Waals surface area contributed by atoms with Crippen molar-refractivity contribution in [3.63, 3.8) is 0 Å². The standard InChI is InChI=1S/C13H18BrFN2OSi/c1-19(2,3)5-4-18-9-17-8-11(14)13-12(17)6-10(15)7-16-13/h6-8H,4-5,9H2,1-3H3. The third-order valence-electron chi connectivity index (χ3n) is 2.87. The van der Waals surface area contributed by atoms with E-state index in [1.165, 1.54) is 12.3 Å². The number of hydrogen-bond acceptors (Lipinski definition) is 2. The average molecular weight is 345 g/mol. The molecule has 2 aromatic heterocycles. The van der Waals surface area contributed by atoms with Crippen LogP contribution in [0.25, 0.3) is 11.0 Å². The molecule has 0 saturated heterocycles. The summed E-state index contributed by atoms with van der Waals surface area (Å²) in [5, 5.41) is 0. The Morgan fingerprint density at radius 2 is 2.16 bits per heavy atom. The van der Waals surface area contributed by atoms with Crippen LogP contribution < -0.4 is 0 Å². The first-order valence-electron chi connectivity index (χ1n) is 6.24. The van der Waals surface area contributed by atoms with Crippen LogP contribution in [0.3, 0.4) is 0 Å². The van der Waals surface area contributed by atoms with Crippen molar-refractivity contribution < 1.29 is 9.13 Å². The zero-order valence-electron chi connectivity index (χ0n) is 11.4. The first kappa shape index (κ1) is 14.7. The van der Waals surface area contributed by atoms with Gasteiger partial charge in [-0.15, -0.1) is 0 Å². The lowest BCUT2D eigenvalue weighted by Gasteiger charge is -2.15. The lowest BCUT2D eigenvalue weighted by Crippen LogP contribution is -2.21. The minimum atomic E-state index is -1.07. The molecule has 0 radical (unpaired) electrons. The van der Waals surface area contributed by atoms with E-state index < -0.39 is 8.07 Å². The van der Waals surface area contributed by atoms with E-state index in [0.717, 1.165) is 28.2 Å². The molecule has 0 aliphatic rings. The van der Waals surface area contributed by atoms with Crippen molar-refractivity contribution in [2.45, 2.75) is 32.4 Å². The minimum absolute atomic E-state index is 0.332. The molecule has 0 bridgehead atoms. The lowest BCUT2D eigenvalue weighted by molar-refractivity contribution is 0.0901. The molecule has 0 amide bonds. The van der Waals surface area contributed by atoms with Gasteiger partial charge in [0.25, 0.3) is 0 Å². The summed E-state index contributed by atoms with van der Waals surface area (Å²) in [6.07, 6.45) is 3.11. The summed E-state index contributed by atoms with van der Waals surface area (Å²) in [5.41, 5.74) is 1.51. The van der Waals surface area contributed by atoms with E-state index >= 15 is 0 Å². The number of ether oxygens (including phenoxy) is 1. The summed E-state index contributed by atoms with van der Waals surface area (Å²) in [6.45, 7) is 8.12. The Morgan fingerprint density at radius 3 is 2.84 bits per heavy atom. The van der Waals surface area contributed by atoms with Crippen molar-refractivity contribution >= 4 is 35.0 Å². The van der Waals surface area contributed by atoms with Crippen molar-refractivity contribution in [3.05, 3.63) is 28.7 Å². The first-order chi connectivity index (χ1) is 8.87. The predicted molar refractivity (Wildman–Crippen MR) is 81.5 cm³/mol. The molecule has 2 aromatic rings.